The van der Waals surface area contributed by atoms with Crippen LogP contribution in [0, 0.1) is 12.7 Å². The zero-order valence-electron chi connectivity index (χ0n) is 10.0. The Morgan fingerprint density at radius 3 is 2.44 bits per heavy atom. The van der Waals surface area contributed by atoms with Crippen LogP contribution in [0.5, 0.6) is 0 Å². The first kappa shape index (κ1) is 15.2. The van der Waals surface area contributed by atoms with Crippen LogP contribution >= 0.6 is 11.6 Å². The second-order valence-electron chi connectivity index (χ2n) is 4.05. The van der Waals surface area contributed by atoms with Crippen LogP contribution in [0.4, 0.5) is 17.6 Å². The largest absolute Gasteiger partial charge is 0.407 e. The highest BCUT2D eigenvalue weighted by Crippen LogP contribution is 2.37. The molecule has 0 bridgehead atoms. The number of alkyl halides is 3. The van der Waals surface area contributed by atoms with Gasteiger partial charge in [-0.3, -0.25) is 0 Å². The van der Waals surface area contributed by atoms with Gasteiger partial charge in [0, 0.05) is 5.02 Å². The fraction of sp³-hybridized carbons (Fsp3) is 0.500. The van der Waals surface area contributed by atoms with Crippen molar-refractivity contribution in [2.45, 2.75) is 32.5 Å². The Hall–Kier alpha value is -0.810. The van der Waals surface area contributed by atoms with Crippen LogP contribution in [0.15, 0.2) is 12.1 Å². The quantitative estimate of drug-likeness (QED) is 0.808. The van der Waals surface area contributed by atoms with Gasteiger partial charge in [-0.1, -0.05) is 18.5 Å². The Kier molecular flexibility index (Phi) is 4.99. The van der Waals surface area contributed by atoms with Gasteiger partial charge in [-0.2, -0.15) is 13.2 Å². The Bertz CT molecular complexity index is 417. The molecule has 1 aromatic carbocycles. The van der Waals surface area contributed by atoms with E-state index in [4.69, 9.17) is 11.6 Å². The normalized spacial score (nSPS) is 13.7. The summed E-state index contributed by atoms with van der Waals surface area (Å²) in [6.07, 6.45) is -3.91. The summed E-state index contributed by atoms with van der Waals surface area (Å²) in [5.74, 6) is -0.611. The summed E-state index contributed by atoms with van der Waals surface area (Å²) >= 11 is 5.70. The SMILES string of the molecule is CCCNC(c1cc(C)c(F)cc1Cl)C(F)(F)F. The molecule has 1 atom stereocenters. The standard InChI is InChI=1S/C12H14ClF4N/c1-3-4-18-11(12(15,16)17)8-5-7(2)10(14)6-9(8)13/h5-6,11,18H,3-4H2,1-2H3. The van der Waals surface area contributed by atoms with E-state index in [0.29, 0.717) is 6.42 Å². The predicted octanol–water partition coefficient (Wildman–Crippen LogP) is 4.39. The molecule has 0 spiro atoms. The summed E-state index contributed by atoms with van der Waals surface area (Å²) in [6, 6.07) is 0.182. The van der Waals surface area contributed by atoms with Crippen LogP contribution in [0.3, 0.4) is 0 Å². The molecule has 1 rings (SSSR count). The Morgan fingerprint density at radius 2 is 1.94 bits per heavy atom. The second kappa shape index (κ2) is 5.89. The average Bonchev–Trinajstić information content (AvgIpc) is 2.24. The minimum Gasteiger partial charge on any atom is -0.302 e. The van der Waals surface area contributed by atoms with Crippen molar-refractivity contribution >= 4 is 11.6 Å². The average molecular weight is 284 g/mol. The number of hydrogen-bond acceptors (Lipinski definition) is 1. The first-order chi connectivity index (χ1) is 8.27. The van der Waals surface area contributed by atoms with E-state index in [1.165, 1.54) is 6.92 Å². The molecule has 0 radical (unpaired) electrons. The third kappa shape index (κ3) is 3.59. The highest BCUT2D eigenvalue weighted by atomic mass is 35.5. The lowest BCUT2D eigenvalue weighted by atomic mass is 10.0. The molecule has 0 aliphatic heterocycles. The number of hydrogen-bond donors (Lipinski definition) is 1. The molecule has 0 aromatic heterocycles. The van der Waals surface area contributed by atoms with Crippen molar-refractivity contribution in [1.29, 1.82) is 0 Å². The van der Waals surface area contributed by atoms with E-state index >= 15 is 0 Å². The highest BCUT2D eigenvalue weighted by molar-refractivity contribution is 6.31. The van der Waals surface area contributed by atoms with Crippen molar-refractivity contribution in [1.82, 2.24) is 5.32 Å². The third-order valence-electron chi connectivity index (χ3n) is 2.51. The van der Waals surface area contributed by atoms with Gasteiger partial charge < -0.3 is 5.32 Å². The lowest BCUT2D eigenvalue weighted by Gasteiger charge is -2.23. The fourth-order valence-electron chi connectivity index (χ4n) is 1.59. The predicted molar refractivity (Wildman–Crippen MR) is 63.2 cm³/mol. The molecule has 0 aliphatic rings. The van der Waals surface area contributed by atoms with Gasteiger partial charge in [-0.25, -0.2) is 4.39 Å². The first-order valence-corrected chi connectivity index (χ1v) is 5.90. The van der Waals surface area contributed by atoms with Crippen molar-refractivity contribution in [2.24, 2.45) is 0 Å². The van der Waals surface area contributed by atoms with Crippen LogP contribution < -0.4 is 5.32 Å². The molecular weight excluding hydrogens is 270 g/mol. The number of halogens is 5. The minimum atomic E-state index is -4.47. The van der Waals surface area contributed by atoms with Crippen LogP contribution in [-0.4, -0.2) is 12.7 Å². The van der Waals surface area contributed by atoms with E-state index in [2.05, 4.69) is 5.32 Å². The van der Waals surface area contributed by atoms with Crippen molar-refractivity contribution in [3.8, 4) is 0 Å². The Labute approximate surface area is 108 Å². The molecule has 0 heterocycles. The zero-order valence-corrected chi connectivity index (χ0v) is 10.8. The highest BCUT2D eigenvalue weighted by Gasteiger charge is 2.41. The van der Waals surface area contributed by atoms with Gasteiger partial charge in [0.15, 0.2) is 0 Å². The van der Waals surface area contributed by atoms with Crippen LogP contribution in [-0.2, 0) is 0 Å². The number of benzene rings is 1. The maximum atomic E-state index is 13.2. The Balaban J connectivity index is 3.16. The lowest BCUT2D eigenvalue weighted by molar-refractivity contribution is -0.157. The van der Waals surface area contributed by atoms with Crippen LogP contribution in [0.2, 0.25) is 5.02 Å². The van der Waals surface area contributed by atoms with E-state index in [-0.39, 0.29) is 22.7 Å². The summed E-state index contributed by atoms with van der Waals surface area (Å²) in [5, 5.41) is 2.16. The third-order valence-corrected chi connectivity index (χ3v) is 2.84. The van der Waals surface area contributed by atoms with E-state index in [1.807, 2.05) is 0 Å². The first-order valence-electron chi connectivity index (χ1n) is 5.53. The van der Waals surface area contributed by atoms with E-state index in [1.54, 1.807) is 6.92 Å². The molecule has 0 fully saturated rings. The number of rotatable bonds is 4. The van der Waals surface area contributed by atoms with Crippen LogP contribution in [0.1, 0.15) is 30.5 Å². The van der Waals surface area contributed by atoms with Crippen molar-refractivity contribution in [2.75, 3.05) is 6.54 Å². The van der Waals surface area contributed by atoms with E-state index < -0.39 is 18.0 Å². The summed E-state index contributed by atoms with van der Waals surface area (Å²) < 4.78 is 52.0. The second-order valence-corrected chi connectivity index (χ2v) is 4.46. The number of nitrogens with one attached hydrogen (secondary N) is 1. The topological polar surface area (TPSA) is 12.0 Å². The van der Waals surface area contributed by atoms with Crippen LogP contribution in [0.25, 0.3) is 0 Å². The van der Waals surface area contributed by atoms with E-state index in [9.17, 15) is 17.6 Å². The molecule has 1 unspecified atom stereocenters. The van der Waals surface area contributed by atoms with Crippen molar-refractivity contribution in [3.05, 3.63) is 34.1 Å². The monoisotopic (exact) mass is 283 g/mol. The fourth-order valence-corrected chi connectivity index (χ4v) is 1.85. The van der Waals surface area contributed by atoms with Gasteiger partial charge in [0.05, 0.1) is 0 Å². The van der Waals surface area contributed by atoms with Gasteiger partial charge >= 0.3 is 6.18 Å². The summed E-state index contributed by atoms with van der Waals surface area (Å²) in [6.45, 7) is 3.37. The van der Waals surface area contributed by atoms with Gasteiger partial charge in [0.1, 0.15) is 11.9 Å². The molecule has 102 valence electrons. The molecule has 18 heavy (non-hydrogen) atoms. The molecule has 0 saturated carbocycles. The van der Waals surface area contributed by atoms with Gasteiger partial charge in [-0.05, 0) is 43.1 Å². The zero-order chi connectivity index (χ0) is 13.9. The van der Waals surface area contributed by atoms with E-state index in [0.717, 1.165) is 12.1 Å². The molecule has 0 amide bonds. The van der Waals surface area contributed by atoms with Crippen molar-refractivity contribution < 1.29 is 17.6 Å². The molecule has 0 aliphatic carbocycles. The Morgan fingerprint density at radius 1 is 1.33 bits per heavy atom. The molecule has 1 aromatic rings. The smallest absolute Gasteiger partial charge is 0.302 e. The molecule has 6 heteroatoms. The molecule has 1 nitrogen and oxygen atoms in total. The molecular formula is C12H14ClF4N. The maximum Gasteiger partial charge on any atom is 0.407 e. The van der Waals surface area contributed by atoms with Gasteiger partial charge in [0.25, 0.3) is 0 Å². The lowest BCUT2D eigenvalue weighted by Crippen LogP contribution is -2.35. The summed E-state index contributed by atoms with van der Waals surface area (Å²) in [7, 11) is 0. The van der Waals surface area contributed by atoms with Crippen molar-refractivity contribution in [3.63, 3.8) is 0 Å². The summed E-state index contributed by atoms with van der Waals surface area (Å²) in [4.78, 5) is 0. The van der Waals surface area contributed by atoms with Gasteiger partial charge in [-0.15, -0.1) is 0 Å². The molecule has 1 N–H and O–H groups in total. The molecule has 0 saturated heterocycles. The maximum absolute atomic E-state index is 13.2. The minimum absolute atomic E-state index is 0.141. The number of aryl methyl sites for hydroxylation is 1. The summed E-state index contributed by atoms with van der Waals surface area (Å²) in [5.41, 5.74) is -0.00142. The van der Waals surface area contributed by atoms with Gasteiger partial charge in [0.2, 0.25) is 0 Å².